The number of carbonyl (C=O) groups is 1. The van der Waals surface area contributed by atoms with Crippen LogP contribution in [0.5, 0.6) is 0 Å². The van der Waals surface area contributed by atoms with E-state index in [9.17, 15) is 21.8 Å². The summed E-state index contributed by atoms with van der Waals surface area (Å²) >= 11 is 15.2. The van der Waals surface area contributed by atoms with Crippen molar-refractivity contribution in [3.8, 4) is 0 Å². The van der Waals surface area contributed by atoms with E-state index in [2.05, 4.69) is 0 Å². The molecular formula is C6H8Cl3F4NO3S. The smallest absolute Gasteiger partial charge is 0.475 e. The Labute approximate surface area is 117 Å². The number of alkyl halides is 7. The maximum atomic E-state index is 12.4. The molecule has 0 aromatic carbocycles. The van der Waals surface area contributed by atoms with Crippen LogP contribution in [0.25, 0.3) is 0 Å². The van der Waals surface area contributed by atoms with Crippen LogP contribution in [0.4, 0.5) is 17.6 Å². The normalized spacial score (nSPS) is 15.3. The van der Waals surface area contributed by atoms with Crippen molar-refractivity contribution < 1.29 is 31.7 Å². The maximum absolute atomic E-state index is 12.4. The van der Waals surface area contributed by atoms with Crippen molar-refractivity contribution in [1.29, 1.82) is 0 Å². The molecule has 4 nitrogen and oxygen atoms in total. The van der Waals surface area contributed by atoms with E-state index in [1.165, 1.54) is 0 Å². The predicted molar refractivity (Wildman–Crippen MR) is 60.9 cm³/mol. The fourth-order valence-electron chi connectivity index (χ4n) is 0.327. The Morgan fingerprint density at radius 2 is 1.67 bits per heavy atom. The molecular weight excluding hydrogens is 348 g/mol. The van der Waals surface area contributed by atoms with Gasteiger partial charge in [-0.25, -0.2) is 4.79 Å². The third-order valence-electron chi connectivity index (χ3n) is 1.09. The maximum Gasteiger partial charge on any atom is 0.490 e. The molecule has 0 bridgehead atoms. The first kappa shape index (κ1) is 20.5. The van der Waals surface area contributed by atoms with Crippen molar-refractivity contribution in [2.24, 2.45) is 5.73 Å². The van der Waals surface area contributed by atoms with E-state index in [1.807, 2.05) is 0 Å². The van der Waals surface area contributed by atoms with Crippen LogP contribution < -0.4 is 5.73 Å². The van der Waals surface area contributed by atoms with E-state index in [1.54, 1.807) is 0 Å². The van der Waals surface area contributed by atoms with Gasteiger partial charge >= 0.3 is 16.1 Å². The first-order valence-corrected chi connectivity index (χ1v) is 6.43. The molecule has 12 heteroatoms. The molecule has 0 saturated carbocycles. The van der Waals surface area contributed by atoms with Crippen molar-refractivity contribution in [2.75, 3.05) is 12.3 Å². The third kappa shape index (κ3) is 11.3. The van der Waals surface area contributed by atoms with Crippen LogP contribution in [-0.2, 0) is 15.6 Å². The second-order valence-corrected chi connectivity index (χ2v) is 6.48. The van der Waals surface area contributed by atoms with E-state index < -0.39 is 32.2 Å². The Morgan fingerprint density at radius 1 is 1.33 bits per heavy atom. The van der Waals surface area contributed by atoms with Crippen molar-refractivity contribution in [3.63, 3.8) is 0 Å². The molecule has 0 saturated heterocycles. The summed E-state index contributed by atoms with van der Waals surface area (Å²) in [6, 6.07) is 0. The molecule has 2 unspecified atom stereocenters. The molecule has 3 N–H and O–H groups in total. The van der Waals surface area contributed by atoms with E-state index in [0.717, 1.165) is 0 Å². The SMILES string of the molecule is NCC(Cl)CS(=O)C(F)(Cl)Cl.O=C(O)C(F)(F)F. The molecule has 0 aromatic rings. The van der Waals surface area contributed by atoms with E-state index in [-0.39, 0.29) is 12.3 Å². The fourth-order valence-corrected chi connectivity index (χ4v) is 1.70. The Morgan fingerprint density at radius 3 is 1.83 bits per heavy atom. The Balaban J connectivity index is 0. The summed E-state index contributed by atoms with van der Waals surface area (Å²) in [7, 11) is -2.02. The highest BCUT2D eigenvalue weighted by molar-refractivity contribution is 7.89. The summed E-state index contributed by atoms with van der Waals surface area (Å²) in [6.07, 6.45) is -5.08. The molecule has 18 heavy (non-hydrogen) atoms. The van der Waals surface area contributed by atoms with Crippen molar-refractivity contribution in [3.05, 3.63) is 0 Å². The lowest BCUT2D eigenvalue weighted by Crippen LogP contribution is -2.26. The number of halogens is 7. The van der Waals surface area contributed by atoms with Gasteiger partial charge in [0.2, 0.25) is 0 Å². The number of rotatable bonds is 4. The van der Waals surface area contributed by atoms with Gasteiger partial charge in [-0.3, -0.25) is 4.21 Å². The largest absolute Gasteiger partial charge is 0.490 e. The first-order chi connectivity index (χ1) is 7.82. The highest BCUT2D eigenvalue weighted by Gasteiger charge is 2.38. The van der Waals surface area contributed by atoms with Crippen molar-refractivity contribution in [2.45, 2.75) is 15.5 Å². The minimum atomic E-state index is -5.08. The van der Waals surface area contributed by atoms with Crippen LogP contribution in [0, 0.1) is 0 Å². The lowest BCUT2D eigenvalue weighted by atomic mass is 10.5. The monoisotopic (exact) mass is 355 g/mol. The summed E-state index contributed by atoms with van der Waals surface area (Å²) in [6.45, 7) is 0.108. The summed E-state index contributed by atoms with van der Waals surface area (Å²) in [5, 5.41) is 6.56. The van der Waals surface area contributed by atoms with Gasteiger partial charge in [0.15, 0.2) is 0 Å². The second kappa shape index (κ2) is 8.36. The third-order valence-corrected chi connectivity index (χ3v) is 3.86. The topological polar surface area (TPSA) is 80.4 Å². The lowest BCUT2D eigenvalue weighted by Gasteiger charge is -2.10. The number of hydrogen-bond acceptors (Lipinski definition) is 3. The van der Waals surface area contributed by atoms with Gasteiger partial charge < -0.3 is 10.8 Å². The van der Waals surface area contributed by atoms with Gasteiger partial charge in [-0.15, -0.1) is 11.6 Å². The van der Waals surface area contributed by atoms with Gasteiger partial charge in [0.05, 0.1) is 16.2 Å². The van der Waals surface area contributed by atoms with Gasteiger partial charge in [-0.1, -0.05) is 23.2 Å². The van der Waals surface area contributed by atoms with Gasteiger partial charge in [0.25, 0.3) is 0 Å². The predicted octanol–water partition coefficient (Wildman–Crippen LogP) is 1.99. The Hall–Kier alpha value is 0.170. The zero-order valence-corrected chi connectivity index (χ0v) is 11.5. The molecule has 0 aliphatic rings. The van der Waals surface area contributed by atoms with Crippen molar-refractivity contribution >= 4 is 51.6 Å². The Kier molecular flexibility index (Phi) is 9.52. The van der Waals surface area contributed by atoms with Crippen LogP contribution in [0.1, 0.15) is 0 Å². The molecule has 0 spiro atoms. The lowest BCUT2D eigenvalue weighted by molar-refractivity contribution is -0.192. The standard InChI is InChI=1S/C4H7Cl3FNOS.C2HF3O2/c5-3(1-9)2-11(10)4(6,7)8;3-2(4,5)1(6)7/h3H,1-2,9H2;(H,6,7). The molecule has 110 valence electrons. The summed E-state index contributed by atoms with van der Waals surface area (Å²) in [5.41, 5.74) is 5.09. The Bertz CT molecular complexity index is 297. The summed E-state index contributed by atoms with van der Waals surface area (Å²) < 4.78 is 52.2. The number of aliphatic carboxylic acids is 1. The summed E-state index contributed by atoms with van der Waals surface area (Å²) in [5.74, 6) is -2.91. The summed E-state index contributed by atoms with van der Waals surface area (Å²) in [4.78, 5) is 8.90. The average molecular weight is 357 g/mol. The van der Waals surface area contributed by atoms with Crippen LogP contribution in [-0.4, -0.2) is 43.1 Å². The molecule has 0 aliphatic heterocycles. The average Bonchev–Trinajstić information content (AvgIpc) is 2.15. The molecule has 0 fully saturated rings. The molecule has 2 atom stereocenters. The number of hydrogen-bond donors (Lipinski definition) is 2. The quantitative estimate of drug-likeness (QED) is 0.596. The van der Waals surface area contributed by atoms with Gasteiger partial charge in [0, 0.05) is 12.3 Å². The van der Waals surface area contributed by atoms with Crippen LogP contribution in [0.15, 0.2) is 0 Å². The molecule has 0 amide bonds. The molecule has 0 heterocycles. The molecule has 0 aliphatic carbocycles. The highest BCUT2D eigenvalue weighted by atomic mass is 35.5. The van der Waals surface area contributed by atoms with Crippen LogP contribution in [0.3, 0.4) is 0 Å². The molecule has 0 aromatic heterocycles. The second-order valence-electron chi connectivity index (χ2n) is 2.59. The van der Waals surface area contributed by atoms with Gasteiger partial charge in [0.1, 0.15) is 0 Å². The number of carboxylic acid groups (broad SMARTS) is 1. The molecule has 0 rings (SSSR count). The number of nitrogens with two attached hydrogens (primary N) is 1. The van der Waals surface area contributed by atoms with Crippen LogP contribution >= 0.6 is 34.8 Å². The minimum Gasteiger partial charge on any atom is -0.475 e. The zero-order valence-electron chi connectivity index (χ0n) is 8.39. The van der Waals surface area contributed by atoms with Gasteiger partial charge in [-0.2, -0.15) is 17.6 Å². The van der Waals surface area contributed by atoms with E-state index in [4.69, 9.17) is 50.4 Å². The number of carboxylic acids is 1. The van der Waals surface area contributed by atoms with E-state index >= 15 is 0 Å². The zero-order chi connectivity index (χ0) is 15.1. The van der Waals surface area contributed by atoms with Gasteiger partial charge in [-0.05, 0) is 0 Å². The highest BCUT2D eigenvalue weighted by Crippen LogP contribution is 2.27. The van der Waals surface area contributed by atoms with Crippen LogP contribution in [0.2, 0.25) is 0 Å². The first-order valence-electron chi connectivity index (χ1n) is 3.91. The minimum absolute atomic E-state index is 0.108. The van der Waals surface area contributed by atoms with Crippen molar-refractivity contribution in [1.82, 2.24) is 0 Å². The molecule has 0 radical (unpaired) electrons. The van der Waals surface area contributed by atoms with E-state index in [0.29, 0.717) is 0 Å². The fraction of sp³-hybridized carbons (Fsp3) is 0.833.